The summed E-state index contributed by atoms with van der Waals surface area (Å²) < 4.78 is 0. The highest BCUT2D eigenvalue weighted by molar-refractivity contribution is 5.55. The summed E-state index contributed by atoms with van der Waals surface area (Å²) in [6.45, 7) is 3.22. The first-order valence-electron chi connectivity index (χ1n) is 7.93. The normalized spacial score (nSPS) is 19.0. The average Bonchev–Trinajstić information content (AvgIpc) is 3.24. The van der Waals surface area contributed by atoms with Crippen LogP contribution in [0.2, 0.25) is 0 Å². The SMILES string of the molecule is CCCC1(CNc2nc3c(cc2C#N)CCCC3)CC1. The largest absolute Gasteiger partial charge is 0.368 e. The second kappa shape index (κ2) is 5.44. The average molecular weight is 269 g/mol. The number of fused-ring (bicyclic) bond motifs is 1. The molecule has 0 atom stereocenters. The van der Waals surface area contributed by atoms with Gasteiger partial charge in [-0.1, -0.05) is 13.3 Å². The molecule has 0 unspecified atom stereocenters. The molecule has 1 N–H and O–H groups in total. The number of aromatic nitrogens is 1. The van der Waals surface area contributed by atoms with Crippen LogP contribution in [0.1, 0.15) is 62.3 Å². The maximum absolute atomic E-state index is 9.34. The van der Waals surface area contributed by atoms with E-state index in [1.807, 2.05) is 0 Å². The molecule has 0 aliphatic heterocycles. The standard InChI is InChI=1S/C17H23N3/c1-2-7-17(8-9-17)12-19-16-14(11-18)10-13-5-3-4-6-15(13)20-16/h10H,2-9,12H2,1H3,(H,19,20). The topological polar surface area (TPSA) is 48.7 Å². The van der Waals surface area contributed by atoms with Gasteiger partial charge in [0.05, 0.1) is 5.56 Å². The Morgan fingerprint density at radius 1 is 1.35 bits per heavy atom. The summed E-state index contributed by atoms with van der Waals surface area (Å²) >= 11 is 0. The zero-order chi connectivity index (χ0) is 14.0. The fourth-order valence-electron chi connectivity index (χ4n) is 3.35. The highest BCUT2D eigenvalue weighted by Crippen LogP contribution is 2.49. The zero-order valence-corrected chi connectivity index (χ0v) is 12.3. The number of hydrogen-bond donors (Lipinski definition) is 1. The van der Waals surface area contributed by atoms with E-state index in [0.717, 1.165) is 30.8 Å². The molecule has 1 saturated carbocycles. The molecular weight excluding hydrogens is 246 g/mol. The van der Waals surface area contributed by atoms with Crippen molar-refractivity contribution in [1.29, 1.82) is 5.26 Å². The van der Waals surface area contributed by atoms with Gasteiger partial charge in [-0.25, -0.2) is 4.98 Å². The van der Waals surface area contributed by atoms with Gasteiger partial charge in [-0.3, -0.25) is 0 Å². The molecule has 1 heterocycles. The molecule has 3 nitrogen and oxygen atoms in total. The molecule has 3 rings (SSSR count). The Kier molecular flexibility index (Phi) is 3.65. The molecular formula is C17H23N3. The second-order valence-corrected chi connectivity index (χ2v) is 6.41. The maximum Gasteiger partial charge on any atom is 0.144 e. The number of nitrogens with zero attached hydrogens (tertiary/aromatic N) is 2. The highest BCUT2D eigenvalue weighted by atomic mass is 15.0. The van der Waals surface area contributed by atoms with Crippen molar-refractivity contribution < 1.29 is 0 Å². The summed E-state index contributed by atoms with van der Waals surface area (Å²) in [4.78, 5) is 4.74. The summed E-state index contributed by atoms with van der Waals surface area (Å²) in [6, 6.07) is 4.37. The van der Waals surface area contributed by atoms with Crippen LogP contribution in [0.5, 0.6) is 0 Å². The van der Waals surface area contributed by atoms with Gasteiger partial charge in [0.25, 0.3) is 0 Å². The van der Waals surface area contributed by atoms with Gasteiger partial charge in [0.15, 0.2) is 0 Å². The zero-order valence-electron chi connectivity index (χ0n) is 12.3. The summed E-state index contributed by atoms with van der Waals surface area (Å²) in [5, 5.41) is 12.8. The molecule has 1 aromatic heterocycles. The quantitative estimate of drug-likeness (QED) is 0.884. The van der Waals surface area contributed by atoms with Crippen LogP contribution in [0.25, 0.3) is 0 Å². The fourth-order valence-corrected chi connectivity index (χ4v) is 3.35. The lowest BCUT2D eigenvalue weighted by Gasteiger charge is -2.19. The molecule has 0 radical (unpaired) electrons. The molecule has 106 valence electrons. The minimum absolute atomic E-state index is 0.485. The number of rotatable bonds is 5. The Morgan fingerprint density at radius 3 is 2.85 bits per heavy atom. The van der Waals surface area contributed by atoms with E-state index >= 15 is 0 Å². The van der Waals surface area contributed by atoms with E-state index in [2.05, 4.69) is 24.4 Å². The predicted octanol–water partition coefficient (Wildman–Crippen LogP) is 3.82. The number of pyridine rings is 1. The van der Waals surface area contributed by atoms with Gasteiger partial charge < -0.3 is 5.32 Å². The van der Waals surface area contributed by atoms with E-state index in [1.165, 1.54) is 49.8 Å². The number of hydrogen-bond acceptors (Lipinski definition) is 3. The van der Waals surface area contributed by atoms with E-state index in [1.54, 1.807) is 0 Å². The van der Waals surface area contributed by atoms with Crippen molar-refractivity contribution in [2.45, 2.75) is 58.3 Å². The molecule has 1 aromatic rings. The summed E-state index contributed by atoms with van der Waals surface area (Å²) in [5.41, 5.74) is 3.70. The first kappa shape index (κ1) is 13.4. The molecule has 1 fully saturated rings. The van der Waals surface area contributed by atoms with Crippen molar-refractivity contribution in [2.24, 2.45) is 5.41 Å². The van der Waals surface area contributed by atoms with Gasteiger partial charge in [0.1, 0.15) is 11.9 Å². The summed E-state index contributed by atoms with van der Waals surface area (Å²) in [7, 11) is 0. The van der Waals surface area contributed by atoms with E-state index in [0.29, 0.717) is 5.41 Å². The maximum atomic E-state index is 9.34. The van der Waals surface area contributed by atoms with Crippen LogP contribution in [-0.4, -0.2) is 11.5 Å². The van der Waals surface area contributed by atoms with Gasteiger partial charge in [-0.05, 0) is 62.0 Å². The number of anilines is 1. The molecule has 0 amide bonds. The van der Waals surface area contributed by atoms with Gasteiger partial charge in [-0.2, -0.15) is 5.26 Å². The van der Waals surface area contributed by atoms with Crippen LogP contribution in [0, 0.1) is 16.7 Å². The fraction of sp³-hybridized carbons (Fsp3) is 0.647. The lowest BCUT2D eigenvalue weighted by molar-refractivity contribution is 0.485. The van der Waals surface area contributed by atoms with Gasteiger partial charge >= 0.3 is 0 Å². The van der Waals surface area contributed by atoms with E-state index < -0.39 is 0 Å². The Balaban J connectivity index is 1.77. The van der Waals surface area contributed by atoms with Crippen molar-refractivity contribution in [3.63, 3.8) is 0 Å². The first-order valence-corrected chi connectivity index (χ1v) is 7.93. The third kappa shape index (κ3) is 2.65. The molecule has 2 aliphatic rings. The number of nitrogens with one attached hydrogen (secondary N) is 1. The minimum Gasteiger partial charge on any atom is -0.368 e. The van der Waals surface area contributed by atoms with Crippen molar-refractivity contribution in [3.05, 3.63) is 22.9 Å². The van der Waals surface area contributed by atoms with Crippen LogP contribution < -0.4 is 5.32 Å². The van der Waals surface area contributed by atoms with Gasteiger partial charge in [0.2, 0.25) is 0 Å². The lowest BCUT2D eigenvalue weighted by atomic mass is 9.95. The Labute approximate surface area is 121 Å². The third-order valence-corrected chi connectivity index (χ3v) is 4.79. The molecule has 20 heavy (non-hydrogen) atoms. The number of nitriles is 1. The van der Waals surface area contributed by atoms with Crippen LogP contribution in [0.15, 0.2) is 6.07 Å². The van der Waals surface area contributed by atoms with E-state index in [9.17, 15) is 5.26 Å². The molecule has 2 aliphatic carbocycles. The van der Waals surface area contributed by atoms with Crippen molar-refractivity contribution >= 4 is 5.82 Å². The predicted molar refractivity (Wildman–Crippen MR) is 80.7 cm³/mol. The van der Waals surface area contributed by atoms with Gasteiger partial charge in [0, 0.05) is 12.2 Å². The number of aryl methyl sites for hydroxylation is 2. The van der Waals surface area contributed by atoms with Crippen molar-refractivity contribution in [3.8, 4) is 6.07 Å². The Morgan fingerprint density at radius 2 is 2.15 bits per heavy atom. The minimum atomic E-state index is 0.485. The van der Waals surface area contributed by atoms with Crippen LogP contribution >= 0.6 is 0 Å². The third-order valence-electron chi connectivity index (χ3n) is 4.79. The summed E-state index contributed by atoms with van der Waals surface area (Å²) in [5.74, 6) is 0.815. The molecule has 0 bridgehead atoms. The van der Waals surface area contributed by atoms with E-state index in [-0.39, 0.29) is 0 Å². The smallest absolute Gasteiger partial charge is 0.144 e. The lowest BCUT2D eigenvalue weighted by Crippen LogP contribution is -2.18. The first-order chi connectivity index (χ1) is 9.76. The Bertz CT molecular complexity index is 538. The van der Waals surface area contributed by atoms with Crippen molar-refractivity contribution in [1.82, 2.24) is 4.98 Å². The van der Waals surface area contributed by atoms with Crippen LogP contribution in [0.3, 0.4) is 0 Å². The monoisotopic (exact) mass is 269 g/mol. The second-order valence-electron chi connectivity index (χ2n) is 6.41. The molecule has 0 saturated heterocycles. The molecule has 3 heteroatoms. The van der Waals surface area contributed by atoms with Crippen LogP contribution in [-0.2, 0) is 12.8 Å². The molecule has 0 aromatic carbocycles. The Hall–Kier alpha value is -1.56. The highest BCUT2D eigenvalue weighted by Gasteiger charge is 2.41. The van der Waals surface area contributed by atoms with Crippen LogP contribution in [0.4, 0.5) is 5.82 Å². The summed E-state index contributed by atoms with van der Waals surface area (Å²) in [6.07, 6.45) is 9.77. The van der Waals surface area contributed by atoms with Crippen molar-refractivity contribution in [2.75, 3.05) is 11.9 Å². The molecule has 0 spiro atoms. The van der Waals surface area contributed by atoms with E-state index in [4.69, 9.17) is 4.98 Å². The van der Waals surface area contributed by atoms with Gasteiger partial charge in [-0.15, -0.1) is 0 Å².